The highest BCUT2D eigenvalue weighted by atomic mass is 16.4. The first-order valence-corrected chi connectivity index (χ1v) is 9.47. The van der Waals surface area contributed by atoms with Crippen molar-refractivity contribution in [1.82, 2.24) is 14.8 Å². The summed E-state index contributed by atoms with van der Waals surface area (Å²) in [6.45, 7) is 5.83. The SMILES string of the molecule is O=C(c1ccc2oc(N3CCN(C4CC4)CC3)nc2c1)N1CCCC1. The quantitative estimate of drug-likeness (QED) is 0.858. The van der Waals surface area contributed by atoms with Crippen LogP contribution in [0.5, 0.6) is 0 Å². The molecule has 1 saturated carbocycles. The minimum atomic E-state index is 0.113. The Kier molecular flexibility index (Phi) is 3.66. The maximum atomic E-state index is 12.6. The van der Waals surface area contributed by atoms with Gasteiger partial charge in [-0.1, -0.05) is 0 Å². The fourth-order valence-corrected chi connectivity index (χ4v) is 4.00. The highest BCUT2D eigenvalue weighted by Gasteiger charge is 2.32. The fraction of sp³-hybridized carbons (Fsp3) is 0.579. The Hall–Kier alpha value is -2.08. The van der Waals surface area contributed by atoms with Crippen LogP contribution < -0.4 is 4.90 Å². The molecular weight excluding hydrogens is 316 g/mol. The Balaban J connectivity index is 1.34. The van der Waals surface area contributed by atoms with Crippen LogP contribution in [0.3, 0.4) is 0 Å². The van der Waals surface area contributed by atoms with E-state index in [4.69, 9.17) is 4.42 Å². The first-order valence-electron chi connectivity index (χ1n) is 9.47. The van der Waals surface area contributed by atoms with Crippen molar-refractivity contribution in [3.8, 4) is 0 Å². The van der Waals surface area contributed by atoms with Crippen molar-refractivity contribution < 1.29 is 9.21 Å². The van der Waals surface area contributed by atoms with Crippen molar-refractivity contribution >= 4 is 23.0 Å². The molecule has 0 atom stereocenters. The van der Waals surface area contributed by atoms with Crippen LogP contribution in [0.4, 0.5) is 6.01 Å². The number of likely N-dealkylation sites (tertiary alicyclic amines) is 1. The van der Waals surface area contributed by atoms with Crippen molar-refractivity contribution in [2.75, 3.05) is 44.2 Å². The van der Waals surface area contributed by atoms with Crippen LogP contribution in [0.15, 0.2) is 22.6 Å². The third kappa shape index (κ3) is 2.88. The molecule has 132 valence electrons. The average molecular weight is 340 g/mol. The summed E-state index contributed by atoms with van der Waals surface area (Å²) in [5.74, 6) is 0.113. The van der Waals surface area contributed by atoms with Gasteiger partial charge in [0.25, 0.3) is 11.9 Å². The van der Waals surface area contributed by atoms with Crippen LogP contribution in [0.1, 0.15) is 36.0 Å². The van der Waals surface area contributed by atoms with Crippen molar-refractivity contribution in [3.05, 3.63) is 23.8 Å². The lowest BCUT2D eigenvalue weighted by Gasteiger charge is -2.33. The molecular formula is C19H24N4O2. The van der Waals surface area contributed by atoms with E-state index < -0.39 is 0 Å². The molecule has 0 radical (unpaired) electrons. The minimum Gasteiger partial charge on any atom is -0.423 e. The molecule has 1 aromatic carbocycles. The van der Waals surface area contributed by atoms with Crippen LogP contribution >= 0.6 is 0 Å². The van der Waals surface area contributed by atoms with E-state index in [0.717, 1.165) is 69.3 Å². The van der Waals surface area contributed by atoms with Gasteiger partial charge < -0.3 is 14.2 Å². The number of carbonyl (C=O) groups is 1. The highest BCUT2D eigenvalue weighted by molar-refractivity contribution is 5.97. The van der Waals surface area contributed by atoms with E-state index in [1.807, 2.05) is 23.1 Å². The summed E-state index contributed by atoms with van der Waals surface area (Å²) in [5.41, 5.74) is 2.26. The molecule has 0 unspecified atom stereocenters. The van der Waals surface area contributed by atoms with Gasteiger partial charge in [0.15, 0.2) is 5.58 Å². The molecule has 5 rings (SSSR count). The van der Waals surface area contributed by atoms with Gasteiger partial charge in [-0.2, -0.15) is 4.98 Å². The zero-order chi connectivity index (χ0) is 16.8. The summed E-state index contributed by atoms with van der Waals surface area (Å²) in [7, 11) is 0. The molecule has 25 heavy (non-hydrogen) atoms. The van der Waals surface area contributed by atoms with Crippen LogP contribution in [-0.4, -0.2) is 66.0 Å². The van der Waals surface area contributed by atoms with E-state index in [9.17, 15) is 4.79 Å². The number of oxazole rings is 1. The zero-order valence-corrected chi connectivity index (χ0v) is 14.5. The maximum Gasteiger partial charge on any atom is 0.298 e. The number of amides is 1. The number of hydrogen-bond acceptors (Lipinski definition) is 5. The fourth-order valence-electron chi connectivity index (χ4n) is 4.00. The standard InChI is InChI=1S/C19H24N4O2/c24-18(22-7-1-2-8-22)14-3-6-17-16(13-14)20-19(25-17)23-11-9-21(10-12-23)15-4-5-15/h3,6,13,15H,1-2,4-5,7-12H2. The predicted molar refractivity (Wildman–Crippen MR) is 96.0 cm³/mol. The van der Waals surface area contributed by atoms with Gasteiger partial charge in [0.2, 0.25) is 0 Å². The topological polar surface area (TPSA) is 52.8 Å². The predicted octanol–water partition coefficient (Wildman–Crippen LogP) is 2.35. The molecule has 0 bridgehead atoms. The van der Waals surface area contributed by atoms with Gasteiger partial charge >= 0.3 is 0 Å². The van der Waals surface area contributed by atoms with E-state index >= 15 is 0 Å². The number of nitrogens with zero attached hydrogens (tertiary/aromatic N) is 4. The van der Waals surface area contributed by atoms with Gasteiger partial charge in [0, 0.05) is 50.9 Å². The lowest BCUT2D eigenvalue weighted by atomic mass is 10.2. The van der Waals surface area contributed by atoms with Gasteiger partial charge in [-0.15, -0.1) is 0 Å². The molecule has 3 fully saturated rings. The summed E-state index contributed by atoms with van der Waals surface area (Å²) in [6, 6.07) is 7.14. The highest BCUT2D eigenvalue weighted by Crippen LogP contribution is 2.29. The van der Waals surface area contributed by atoms with Gasteiger partial charge in [-0.05, 0) is 43.9 Å². The Morgan fingerprint density at radius 1 is 1.04 bits per heavy atom. The number of benzene rings is 1. The summed E-state index contributed by atoms with van der Waals surface area (Å²) in [6.07, 6.45) is 4.93. The van der Waals surface area contributed by atoms with E-state index in [0.29, 0.717) is 11.6 Å². The summed E-state index contributed by atoms with van der Waals surface area (Å²) in [5, 5.41) is 0. The lowest BCUT2D eigenvalue weighted by Crippen LogP contribution is -2.47. The molecule has 2 aliphatic heterocycles. The van der Waals surface area contributed by atoms with Gasteiger partial charge in [-0.3, -0.25) is 9.69 Å². The van der Waals surface area contributed by atoms with Crippen LogP contribution in [-0.2, 0) is 0 Å². The number of anilines is 1. The smallest absolute Gasteiger partial charge is 0.298 e. The first kappa shape index (κ1) is 15.2. The van der Waals surface area contributed by atoms with E-state index in [1.54, 1.807) is 0 Å². The van der Waals surface area contributed by atoms with Crippen molar-refractivity contribution in [3.63, 3.8) is 0 Å². The number of rotatable bonds is 3. The van der Waals surface area contributed by atoms with Crippen molar-refractivity contribution in [2.45, 2.75) is 31.7 Å². The summed E-state index contributed by atoms with van der Waals surface area (Å²) >= 11 is 0. The van der Waals surface area contributed by atoms with E-state index in [1.165, 1.54) is 12.8 Å². The van der Waals surface area contributed by atoms with Gasteiger partial charge in [-0.25, -0.2) is 0 Å². The molecule has 2 saturated heterocycles. The second-order valence-corrected chi connectivity index (χ2v) is 7.43. The van der Waals surface area contributed by atoms with E-state index in [-0.39, 0.29) is 5.91 Å². The van der Waals surface area contributed by atoms with Crippen LogP contribution in [0.25, 0.3) is 11.1 Å². The maximum absolute atomic E-state index is 12.6. The molecule has 1 amide bonds. The molecule has 3 heterocycles. The Morgan fingerprint density at radius 3 is 2.52 bits per heavy atom. The largest absolute Gasteiger partial charge is 0.423 e. The zero-order valence-electron chi connectivity index (χ0n) is 14.5. The Morgan fingerprint density at radius 2 is 1.80 bits per heavy atom. The second-order valence-electron chi connectivity index (χ2n) is 7.43. The summed E-state index contributed by atoms with van der Waals surface area (Å²) < 4.78 is 5.95. The summed E-state index contributed by atoms with van der Waals surface area (Å²) in [4.78, 5) is 23.9. The number of fused-ring (bicyclic) bond motifs is 1. The van der Waals surface area contributed by atoms with Gasteiger partial charge in [0.05, 0.1) is 0 Å². The van der Waals surface area contributed by atoms with Crippen LogP contribution in [0, 0.1) is 0 Å². The minimum absolute atomic E-state index is 0.113. The van der Waals surface area contributed by atoms with Crippen molar-refractivity contribution in [1.29, 1.82) is 0 Å². The second kappa shape index (κ2) is 6.02. The molecule has 2 aromatic rings. The molecule has 3 aliphatic rings. The monoisotopic (exact) mass is 340 g/mol. The van der Waals surface area contributed by atoms with E-state index in [2.05, 4.69) is 14.8 Å². The molecule has 0 spiro atoms. The number of piperazine rings is 1. The molecule has 6 heteroatoms. The first-order chi connectivity index (χ1) is 12.3. The number of aromatic nitrogens is 1. The third-order valence-electron chi connectivity index (χ3n) is 5.66. The Bertz CT molecular complexity index is 784. The molecule has 6 nitrogen and oxygen atoms in total. The number of hydrogen-bond donors (Lipinski definition) is 0. The molecule has 1 aliphatic carbocycles. The third-order valence-corrected chi connectivity index (χ3v) is 5.66. The Labute approximate surface area is 147 Å². The molecule has 0 N–H and O–H groups in total. The number of carbonyl (C=O) groups excluding carboxylic acids is 1. The average Bonchev–Trinajstić information content (AvgIpc) is 3.19. The lowest BCUT2D eigenvalue weighted by molar-refractivity contribution is 0.0793. The van der Waals surface area contributed by atoms with Crippen molar-refractivity contribution in [2.24, 2.45) is 0 Å². The van der Waals surface area contributed by atoms with Crippen LogP contribution in [0.2, 0.25) is 0 Å². The van der Waals surface area contributed by atoms with Gasteiger partial charge in [0.1, 0.15) is 5.52 Å². The molecule has 1 aromatic heterocycles. The normalized spacial score (nSPS) is 22.1.